The van der Waals surface area contributed by atoms with Crippen molar-refractivity contribution in [3.8, 4) is 0 Å². The third-order valence-corrected chi connectivity index (χ3v) is 6.93. The minimum Gasteiger partial charge on any atom is -0.193 e. The van der Waals surface area contributed by atoms with E-state index in [1.54, 1.807) is 0 Å². The topological polar surface area (TPSA) is 0 Å². The average molecular weight is 840 g/mol. The lowest BCUT2D eigenvalue weighted by molar-refractivity contribution is -0.435. The standard InChI is InChI=1S/C28H10F26/c29-17(30,19(33,34)21(37,38)23(41,42)25(45,46)27(49,50)51)15(13-7-3-1-4-8-13)11-12-16(14-9-5-2-6-10-14)18(31,32)20(35,36)22(39,40)24(43,44)26(47,48)28(52,53)54/h1-10H. The molecule has 304 valence electrons. The van der Waals surface area contributed by atoms with E-state index in [0.717, 1.165) is 0 Å². The predicted octanol–water partition coefficient (Wildman–Crippen LogP) is 12.4. The van der Waals surface area contributed by atoms with Crippen molar-refractivity contribution >= 4 is 11.1 Å². The second-order valence-corrected chi connectivity index (χ2v) is 10.5. The lowest BCUT2D eigenvalue weighted by Crippen LogP contribution is -2.70. The number of hydrogen-bond donors (Lipinski definition) is 0. The third kappa shape index (κ3) is 6.55. The van der Waals surface area contributed by atoms with Gasteiger partial charge in [0.1, 0.15) is 0 Å². The van der Waals surface area contributed by atoms with Crippen LogP contribution >= 0.6 is 0 Å². The first kappa shape index (κ1) is 46.1. The summed E-state index contributed by atoms with van der Waals surface area (Å²) in [5, 5.41) is 0. The molecular weight excluding hydrogens is 830 g/mol. The largest absolute Gasteiger partial charge is 0.460 e. The van der Waals surface area contributed by atoms with Crippen molar-refractivity contribution in [3.63, 3.8) is 0 Å². The fraction of sp³-hybridized carbons (Fsp3) is 0.429. The second kappa shape index (κ2) is 13.3. The van der Waals surface area contributed by atoms with Crippen LogP contribution in [0, 0.1) is 0 Å². The lowest BCUT2D eigenvalue weighted by atomic mass is 9.87. The molecule has 26 heteroatoms. The molecule has 0 N–H and O–H groups in total. The zero-order valence-corrected chi connectivity index (χ0v) is 24.6. The van der Waals surface area contributed by atoms with E-state index < -0.39 is 93.9 Å². The zero-order valence-electron chi connectivity index (χ0n) is 24.6. The summed E-state index contributed by atoms with van der Waals surface area (Å²) in [7, 11) is 0. The van der Waals surface area contributed by atoms with E-state index in [1.807, 2.05) is 0 Å². The molecule has 0 amide bonds. The molecule has 0 spiro atoms. The Labute approximate surface area is 281 Å². The maximum absolute atomic E-state index is 15.3. The first-order chi connectivity index (χ1) is 23.7. The van der Waals surface area contributed by atoms with Crippen molar-refractivity contribution in [1.29, 1.82) is 0 Å². The molecule has 0 radical (unpaired) electrons. The Morgan fingerprint density at radius 2 is 0.481 bits per heavy atom. The van der Waals surface area contributed by atoms with Gasteiger partial charge >= 0.3 is 71.6 Å². The molecule has 2 aromatic rings. The average Bonchev–Trinajstić information content (AvgIpc) is 3.01. The van der Waals surface area contributed by atoms with Crippen LogP contribution < -0.4 is 0 Å². The van der Waals surface area contributed by atoms with Gasteiger partial charge in [-0.25, -0.2) is 0 Å². The number of halogens is 26. The summed E-state index contributed by atoms with van der Waals surface area (Å²) in [6.45, 7) is 0. The molecule has 0 aliphatic carbocycles. The van der Waals surface area contributed by atoms with Gasteiger partial charge in [0.25, 0.3) is 0 Å². The van der Waals surface area contributed by atoms with Gasteiger partial charge in [-0.3, -0.25) is 0 Å². The first-order valence-corrected chi connectivity index (χ1v) is 13.0. The summed E-state index contributed by atoms with van der Waals surface area (Å²) in [6, 6.07) is 2.71. The van der Waals surface area contributed by atoms with Crippen LogP contribution in [0.25, 0.3) is 11.1 Å². The van der Waals surface area contributed by atoms with Crippen LogP contribution in [-0.4, -0.2) is 71.6 Å². The van der Waals surface area contributed by atoms with Crippen molar-refractivity contribution < 1.29 is 114 Å². The highest BCUT2D eigenvalue weighted by Crippen LogP contribution is 2.64. The highest BCUT2D eigenvalue weighted by atomic mass is 19.4. The van der Waals surface area contributed by atoms with Crippen molar-refractivity contribution in [3.05, 3.63) is 83.3 Å². The van der Waals surface area contributed by atoms with Gasteiger partial charge in [0.15, 0.2) is 0 Å². The molecule has 0 fully saturated rings. The van der Waals surface area contributed by atoms with Crippen LogP contribution in [0.4, 0.5) is 114 Å². The molecule has 0 atom stereocenters. The summed E-state index contributed by atoms with van der Waals surface area (Å²) in [5.41, 5.74) is -10.2. The summed E-state index contributed by atoms with van der Waals surface area (Å²) in [5.74, 6) is -82.3. The van der Waals surface area contributed by atoms with E-state index in [2.05, 4.69) is 0 Å². The quantitative estimate of drug-likeness (QED) is 0.148. The van der Waals surface area contributed by atoms with Crippen molar-refractivity contribution in [2.75, 3.05) is 0 Å². The van der Waals surface area contributed by atoms with Crippen LogP contribution in [0.3, 0.4) is 0 Å². The lowest BCUT2D eigenvalue weighted by Gasteiger charge is -2.40. The maximum atomic E-state index is 15.3. The molecule has 0 heterocycles. The summed E-state index contributed by atoms with van der Waals surface area (Å²) in [6.07, 6.45) is -15.8. The zero-order chi connectivity index (χ0) is 42.8. The van der Waals surface area contributed by atoms with E-state index in [4.69, 9.17) is 0 Å². The van der Waals surface area contributed by atoms with Gasteiger partial charge in [0.2, 0.25) is 0 Å². The molecule has 2 aromatic carbocycles. The van der Waals surface area contributed by atoms with Crippen molar-refractivity contribution in [2.45, 2.75) is 71.6 Å². The SMILES string of the molecule is FC(F)(F)C(F)(F)C(F)(F)C(F)(F)C(F)(F)C(F)(F)C(=C=C=C(c1ccccc1)C(F)(F)C(F)(F)C(F)(F)C(F)(F)C(F)(F)C(F)(F)F)c1ccccc1. The van der Waals surface area contributed by atoms with Gasteiger partial charge in [0, 0.05) is 0 Å². The van der Waals surface area contributed by atoms with Gasteiger partial charge in [0.05, 0.1) is 11.1 Å². The number of rotatable bonds is 12. The summed E-state index contributed by atoms with van der Waals surface area (Å²) < 4.78 is 360. The van der Waals surface area contributed by atoms with Crippen LogP contribution in [0.5, 0.6) is 0 Å². The van der Waals surface area contributed by atoms with Gasteiger partial charge in [-0.05, 0) is 11.1 Å². The Hall–Kier alpha value is -4.08. The Morgan fingerprint density at radius 3 is 0.685 bits per heavy atom. The fourth-order valence-electron chi connectivity index (χ4n) is 3.85. The number of benzene rings is 2. The molecule has 0 nitrogen and oxygen atoms in total. The summed E-state index contributed by atoms with van der Waals surface area (Å²) in [4.78, 5) is 0. The molecular formula is C28H10F26. The predicted molar refractivity (Wildman–Crippen MR) is 128 cm³/mol. The Kier molecular flexibility index (Phi) is 11.3. The Bertz CT molecular complexity index is 1620. The van der Waals surface area contributed by atoms with E-state index in [9.17, 15) is 96.6 Å². The first-order valence-electron chi connectivity index (χ1n) is 13.0. The van der Waals surface area contributed by atoms with E-state index in [-0.39, 0.29) is 35.7 Å². The molecule has 0 aliphatic heterocycles. The molecule has 0 aliphatic rings. The number of hydrogen-bond acceptors (Lipinski definition) is 0. The van der Waals surface area contributed by atoms with Crippen LogP contribution in [0.2, 0.25) is 0 Å². The van der Waals surface area contributed by atoms with Crippen molar-refractivity contribution in [2.24, 2.45) is 0 Å². The van der Waals surface area contributed by atoms with Crippen LogP contribution in [0.1, 0.15) is 11.1 Å². The molecule has 54 heavy (non-hydrogen) atoms. The minimum atomic E-state index is -8.58. The molecule has 0 saturated carbocycles. The molecule has 0 saturated heterocycles. The maximum Gasteiger partial charge on any atom is 0.460 e. The minimum absolute atomic E-state index is 0.0442. The smallest absolute Gasteiger partial charge is 0.193 e. The third-order valence-electron chi connectivity index (χ3n) is 6.93. The second-order valence-electron chi connectivity index (χ2n) is 10.5. The van der Waals surface area contributed by atoms with E-state index >= 15 is 17.6 Å². The molecule has 2 rings (SSSR count). The number of alkyl halides is 26. The normalized spacial score (nSPS) is 15.1. The molecule has 0 unspecified atom stereocenters. The van der Waals surface area contributed by atoms with E-state index in [1.165, 1.54) is 0 Å². The number of allylic oxidation sites excluding steroid dienone is 2. The molecule has 0 aromatic heterocycles. The van der Waals surface area contributed by atoms with Crippen molar-refractivity contribution in [1.82, 2.24) is 0 Å². The Balaban J connectivity index is 3.23. The Morgan fingerprint density at radius 1 is 0.278 bits per heavy atom. The highest BCUT2D eigenvalue weighted by Gasteiger charge is 2.92. The van der Waals surface area contributed by atoms with Crippen LogP contribution in [0.15, 0.2) is 72.1 Å². The fourth-order valence-corrected chi connectivity index (χ4v) is 3.85. The van der Waals surface area contributed by atoms with Crippen LogP contribution in [-0.2, 0) is 0 Å². The van der Waals surface area contributed by atoms with Gasteiger partial charge in [-0.15, -0.1) is 0 Å². The summed E-state index contributed by atoms with van der Waals surface area (Å²) >= 11 is 0. The monoisotopic (exact) mass is 840 g/mol. The molecule has 0 bridgehead atoms. The van der Waals surface area contributed by atoms with Gasteiger partial charge in [-0.1, -0.05) is 72.1 Å². The highest BCUT2D eigenvalue weighted by molar-refractivity contribution is 5.76. The van der Waals surface area contributed by atoms with Gasteiger partial charge in [-0.2, -0.15) is 114 Å². The van der Waals surface area contributed by atoms with Gasteiger partial charge < -0.3 is 0 Å². The van der Waals surface area contributed by atoms with E-state index in [0.29, 0.717) is 36.4 Å².